The maximum atomic E-state index is 13.7. The van der Waals surface area contributed by atoms with Crippen molar-refractivity contribution in [2.45, 2.75) is 13.0 Å². The standard InChI is InChI=1S/C16H17FN2O/c1-20-16-5-2-11(8-14(16)17)10-19-7-6-12-3-4-13(18)9-15(12)19/h2-5,8-9H,6-7,10,18H2,1H3. The molecule has 20 heavy (non-hydrogen) atoms. The molecule has 1 heterocycles. The number of nitrogen functional groups attached to an aromatic ring is 1. The zero-order chi connectivity index (χ0) is 14.1. The monoisotopic (exact) mass is 272 g/mol. The third-order valence-corrected chi connectivity index (χ3v) is 3.69. The number of nitrogens with two attached hydrogens (primary N) is 1. The van der Waals surface area contributed by atoms with Crippen LogP contribution in [0.2, 0.25) is 0 Å². The number of hydrogen-bond donors (Lipinski definition) is 1. The molecule has 104 valence electrons. The Morgan fingerprint density at radius 3 is 2.85 bits per heavy atom. The van der Waals surface area contributed by atoms with Gasteiger partial charge in [-0.15, -0.1) is 0 Å². The summed E-state index contributed by atoms with van der Waals surface area (Å²) >= 11 is 0. The van der Waals surface area contributed by atoms with E-state index in [1.54, 1.807) is 6.07 Å². The molecule has 0 unspecified atom stereocenters. The molecular weight excluding hydrogens is 255 g/mol. The van der Waals surface area contributed by atoms with Crippen LogP contribution in [0.15, 0.2) is 36.4 Å². The van der Waals surface area contributed by atoms with Crippen LogP contribution in [0.5, 0.6) is 5.75 Å². The molecule has 0 aromatic heterocycles. The molecule has 0 aliphatic carbocycles. The molecule has 0 spiro atoms. The van der Waals surface area contributed by atoms with Gasteiger partial charge >= 0.3 is 0 Å². The summed E-state index contributed by atoms with van der Waals surface area (Å²) in [4.78, 5) is 2.23. The van der Waals surface area contributed by atoms with E-state index in [4.69, 9.17) is 10.5 Å². The van der Waals surface area contributed by atoms with Crippen molar-refractivity contribution in [3.05, 3.63) is 53.3 Å². The summed E-state index contributed by atoms with van der Waals surface area (Å²) in [5.41, 5.74) is 9.99. The maximum Gasteiger partial charge on any atom is 0.165 e. The fraction of sp³-hybridized carbons (Fsp3) is 0.250. The molecule has 1 aliphatic rings. The van der Waals surface area contributed by atoms with Crippen molar-refractivity contribution in [1.82, 2.24) is 0 Å². The Balaban J connectivity index is 1.83. The molecule has 2 aromatic rings. The Bertz CT molecular complexity index is 642. The van der Waals surface area contributed by atoms with Gasteiger partial charge in [-0.2, -0.15) is 0 Å². The number of hydrogen-bond acceptors (Lipinski definition) is 3. The van der Waals surface area contributed by atoms with Gasteiger partial charge in [0, 0.05) is 24.5 Å². The minimum atomic E-state index is -0.322. The Labute approximate surface area is 117 Å². The van der Waals surface area contributed by atoms with Crippen molar-refractivity contribution in [3.8, 4) is 5.75 Å². The van der Waals surface area contributed by atoms with Crippen LogP contribution in [0.3, 0.4) is 0 Å². The number of fused-ring (bicyclic) bond motifs is 1. The lowest BCUT2D eigenvalue weighted by Crippen LogP contribution is -2.19. The molecule has 0 atom stereocenters. The quantitative estimate of drug-likeness (QED) is 0.873. The van der Waals surface area contributed by atoms with Gasteiger partial charge < -0.3 is 15.4 Å². The van der Waals surface area contributed by atoms with Crippen LogP contribution in [0.1, 0.15) is 11.1 Å². The van der Waals surface area contributed by atoms with Gasteiger partial charge in [0.15, 0.2) is 11.6 Å². The van der Waals surface area contributed by atoms with Crippen molar-refractivity contribution >= 4 is 11.4 Å². The second-order valence-corrected chi connectivity index (χ2v) is 5.03. The number of benzene rings is 2. The van der Waals surface area contributed by atoms with Gasteiger partial charge in [0.25, 0.3) is 0 Å². The number of methoxy groups -OCH3 is 1. The fourth-order valence-corrected chi connectivity index (χ4v) is 2.66. The molecule has 0 radical (unpaired) electrons. The number of ether oxygens (including phenoxy) is 1. The first kappa shape index (κ1) is 12.8. The van der Waals surface area contributed by atoms with E-state index in [0.29, 0.717) is 6.54 Å². The van der Waals surface area contributed by atoms with Gasteiger partial charge in [-0.25, -0.2) is 4.39 Å². The Morgan fingerprint density at radius 2 is 2.10 bits per heavy atom. The maximum absolute atomic E-state index is 13.7. The molecule has 1 aliphatic heterocycles. The van der Waals surface area contributed by atoms with E-state index in [-0.39, 0.29) is 11.6 Å². The van der Waals surface area contributed by atoms with E-state index >= 15 is 0 Å². The second kappa shape index (κ2) is 5.04. The van der Waals surface area contributed by atoms with Gasteiger partial charge in [-0.05, 0) is 41.8 Å². The summed E-state index contributed by atoms with van der Waals surface area (Å²) in [6, 6.07) is 11.1. The minimum absolute atomic E-state index is 0.278. The summed E-state index contributed by atoms with van der Waals surface area (Å²) < 4.78 is 18.7. The zero-order valence-electron chi connectivity index (χ0n) is 11.4. The smallest absolute Gasteiger partial charge is 0.165 e. The zero-order valence-corrected chi connectivity index (χ0v) is 11.4. The van der Waals surface area contributed by atoms with Crippen LogP contribution in [0.25, 0.3) is 0 Å². The second-order valence-electron chi connectivity index (χ2n) is 5.03. The van der Waals surface area contributed by atoms with E-state index in [9.17, 15) is 4.39 Å². The third-order valence-electron chi connectivity index (χ3n) is 3.69. The molecule has 2 aromatic carbocycles. The lowest BCUT2D eigenvalue weighted by molar-refractivity contribution is 0.386. The van der Waals surface area contributed by atoms with E-state index in [0.717, 1.165) is 29.9 Å². The van der Waals surface area contributed by atoms with Crippen LogP contribution in [0.4, 0.5) is 15.8 Å². The van der Waals surface area contributed by atoms with E-state index in [2.05, 4.69) is 11.0 Å². The first-order valence-electron chi connectivity index (χ1n) is 6.63. The van der Waals surface area contributed by atoms with Crippen LogP contribution in [-0.4, -0.2) is 13.7 Å². The summed E-state index contributed by atoms with van der Waals surface area (Å²) in [6.45, 7) is 1.61. The highest BCUT2D eigenvalue weighted by Gasteiger charge is 2.19. The van der Waals surface area contributed by atoms with Crippen molar-refractivity contribution < 1.29 is 9.13 Å². The van der Waals surface area contributed by atoms with Crippen LogP contribution in [-0.2, 0) is 13.0 Å². The lowest BCUT2D eigenvalue weighted by Gasteiger charge is -2.20. The molecule has 0 saturated carbocycles. The molecular formula is C16H17FN2O. The van der Waals surface area contributed by atoms with Crippen molar-refractivity contribution in [1.29, 1.82) is 0 Å². The Morgan fingerprint density at radius 1 is 1.25 bits per heavy atom. The number of rotatable bonds is 3. The highest BCUT2D eigenvalue weighted by molar-refractivity contribution is 5.64. The van der Waals surface area contributed by atoms with Crippen LogP contribution >= 0.6 is 0 Å². The minimum Gasteiger partial charge on any atom is -0.494 e. The van der Waals surface area contributed by atoms with Crippen molar-refractivity contribution in [2.24, 2.45) is 0 Å². The third kappa shape index (κ3) is 2.29. The van der Waals surface area contributed by atoms with E-state index < -0.39 is 0 Å². The predicted molar refractivity (Wildman–Crippen MR) is 78.6 cm³/mol. The van der Waals surface area contributed by atoms with Gasteiger partial charge in [0.1, 0.15) is 0 Å². The van der Waals surface area contributed by atoms with Gasteiger partial charge in [0.05, 0.1) is 7.11 Å². The summed E-state index contributed by atoms with van der Waals surface area (Å²) in [7, 11) is 1.47. The Hall–Kier alpha value is -2.23. The summed E-state index contributed by atoms with van der Waals surface area (Å²) in [6.07, 6.45) is 1.01. The van der Waals surface area contributed by atoms with E-state index in [1.165, 1.54) is 18.7 Å². The van der Waals surface area contributed by atoms with Gasteiger partial charge in [-0.3, -0.25) is 0 Å². The molecule has 3 rings (SSSR count). The molecule has 4 heteroatoms. The molecule has 0 bridgehead atoms. The number of halogens is 1. The van der Waals surface area contributed by atoms with Crippen molar-refractivity contribution in [3.63, 3.8) is 0 Å². The fourth-order valence-electron chi connectivity index (χ4n) is 2.66. The molecule has 2 N–H and O–H groups in total. The van der Waals surface area contributed by atoms with Crippen LogP contribution < -0.4 is 15.4 Å². The molecule has 0 saturated heterocycles. The normalized spacial score (nSPS) is 13.4. The average Bonchev–Trinajstić information content (AvgIpc) is 2.82. The number of anilines is 2. The van der Waals surface area contributed by atoms with E-state index in [1.807, 2.05) is 18.2 Å². The lowest BCUT2D eigenvalue weighted by atomic mass is 10.1. The van der Waals surface area contributed by atoms with Crippen LogP contribution in [0, 0.1) is 5.82 Å². The highest BCUT2D eigenvalue weighted by atomic mass is 19.1. The average molecular weight is 272 g/mol. The highest BCUT2D eigenvalue weighted by Crippen LogP contribution is 2.31. The summed E-state index contributed by atoms with van der Waals surface area (Å²) in [5, 5.41) is 0. The largest absolute Gasteiger partial charge is 0.494 e. The van der Waals surface area contributed by atoms with Gasteiger partial charge in [-0.1, -0.05) is 12.1 Å². The topological polar surface area (TPSA) is 38.5 Å². The SMILES string of the molecule is COc1ccc(CN2CCc3ccc(N)cc32)cc1F. The van der Waals surface area contributed by atoms with Crippen molar-refractivity contribution in [2.75, 3.05) is 24.3 Å². The molecule has 3 nitrogen and oxygen atoms in total. The molecule has 0 fully saturated rings. The van der Waals surface area contributed by atoms with Gasteiger partial charge in [0.2, 0.25) is 0 Å². The first-order valence-corrected chi connectivity index (χ1v) is 6.63. The summed E-state index contributed by atoms with van der Waals surface area (Å²) in [5.74, 6) is -0.0446. The Kier molecular flexibility index (Phi) is 3.22. The molecule has 0 amide bonds. The first-order chi connectivity index (χ1) is 9.67. The number of nitrogens with zero attached hydrogens (tertiary/aromatic N) is 1. The predicted octanol–water partition coefficient (Wildman–Crippen LogP) is 2.98.